The van der Waals surface area contributed by atoms with Crippen molar-refractivity contribution < 1.29 is 31.8 Å². The second-order valence-electron chi connectivity index (χ2n) is 6.46. The standard InChI is InChI=1S/C20H12ClF2NO5S/c21-14-5-12-8-17(19(14)25)30(27,28)24-16-7-11(6-15(22)18(16)23)13-4-2-1-3-10(13)9-29-20(12)26/h1-8,24-25H,9H2. The predicted octanol–water partition coefficient (Wildman–Crippen LogP) is 4.46. The largest absolute Gasteiger partial charge is 0.505 e. The third-order valence-corrected chi connectivity index (χ3v) is 6.18. The average molecular weight is 452 g/mol. The number of benzene rings is 3. The number of phenols is 1. The molecule has 4 rings (SSSR count). The molecule has 0 spiro atoms. The van der Waals surface area contributed by atoms with Gasteiger partial charge in [-0.15, -0.1) is 0 Å². The topological polar surface area (TPSA) is 92.7 Å². The minimum absolute atomic E-state index is 0.159. The molecule has 1 aliphatic heterocycles. The number of nitrogens with one attached hydrogen (secondary N) is 1. The molecule has 0 amide bonds. The van der Waals surface area contributed by atoms with E-state index in [-0.39, 0.29) is 17.7 Å². The number of anilines is 1. The van der Waals surface area contributed by atoms with Crippen LogP contribution in [0, 0.1) is 11.6 Å². The van der Waals surface area contributed by atoms with Crippen LogP contribution in [0.4, 0.5) is 14.5 Å². The second kappa shape index (κ2) is 7.26. The minimum atomic E-state index is -4.65. The molecule has 0 saturated carbocycles. The number of aromatic hydroxyl groups is 1. The lowest BCUT2D eigenvalue weighted by molar-refractivity contribution is 0.0473. The van der Waals surface area contributed by atoms with Gasteiger partial charge in [0.15, 0.2) is 17.4 Å². The van der Waals surface area contributed by atoms with Gasteiger partial charge in [-0.1, -0.05) is 35.9 Å². The van der Waals surface area contributed by atoms with E-state index in [0.29, 0.717) is 11.1 Å². The Balaban J connectivity index is 2.02. The summed E-state index contributed by atoms with van der Waals surface area (Å²) < 4.78 is 61.4. The second-order valence-corrected chi connectivity index (χ2v) is 8.52. The number of rotatable bonds is 0. The van der Waals surface area contributed by atoms with Crippen LogP contribution in [0.1, 0.15) is 15.9 Å². The van der Waals surface area contributed by atoms with E-state index in [9.17, 15) is 27.1 Å². The van der Waals surface area contributed by atoms with Crippen molar-refractivity contribution in [2.45, 2.75) is 11.5 Å². The monoisotopic (exact) mass is 451 g/mol. The van der Waals surface area contributed by atoms with Crippen LogP contribution in [0.15, 0.2) is 53.4 Å². The number of hydrogen-bond donors (Lipinski definition) is 2. The molecule has 1 heterocycles. The van der Waals surface area contributed by atoms with E-state index in [1.807, 2.05) is 4.72 Å². The van der Waals surface area contributed by atoms with E-state index in [0.717, 1.165) is 24.3 Å². The molecular formula is C20H12ClF2NO5S. The molecule has 30 heavy (non-hydrogen) atoms. The summed E-state index contributed by atoms with van der Waals surface area (Å²) in [6.07, 6.45) is 0. The number of carbonyl (C=O) groups excluding carboxylic acids is 1. The van der Waals surface area contributed by atoms with Crippen LogP contribution in [-0.2, 0) is 21.4 Å². The van der Waals surface area contributed by atoms with Crippen molar-refractivity contribution in [3.63, 3.8) is 0 Å². The normalized spacial score (nSPS) is 15.0. The highest BCUT2D eigenvalue weighted by molar-refractivity contribution is 7.92. The molecule has 4 bridgehead atoms. The maximum absolute atomic E-state index is 14.4. The molecule has 1 aliphatic rings. The van der Waals surface area contributed by atoms with Gasteiger partial charge in [0.2, 0.25) is 0 Å². The summed E-state index contributed by atoms with van der Waals surface area (Å²) in [6.45, 7) is -0.225. The van der Waals surface area contributed by atoms with E-state index in [2.05, 4.69) is 0 Å². The van der Waals surface area contributed by atoms with Crippen LogP contribution in [0.2, 0.25) is 5.02 Å². The van der Waals surface area contributed by atoms with E-state index in [1.165, 1.54) is 0 Å². The van der Waals surface area contributed by atoms with Crippen molar-refractivity contribution in [1.82, 2.24) is 0 Å². The van der Waals surface area contributed by atoms with Gasteiger partial charge in [-0.3, -0.25) is 4.72 Å². The van der Waals surface area contributed by atoms with E-state index >= 15 is 0 Å². The summed E-state index contributed by atoms with van der Waals surface area (Å²) in [5.74, 6) is -4.46. The summed E-state index contributed by atoms with van der Waals surface area (Å²) in [5.41, 5.74) is 0.137. The zero-order chi connectivity index (χ0) is 21.6. The molecular weight excluding hydrogens is 440 g/mol. The minimum Gasteiger partial charge on any atom is -0.505 e. The first-order valence-corrected chi connectivity index (χ1v) is 10.3. The molecule has 3 aromatic rings. The third kappa shape index (κ3) is 3.46. The fourth-order valence-electron chi connectivity index (χ4n) is 3.07. The highest BCUT2D eigenvalue weighted by Gasteiger charge is 2.27. The number of ether oxygens (including phenoxy) is 1. The van der Waals surface area contributed by atoms with Crippen molar-refractivity contribution in [3.05, 3.63) is 76.3 Å². The van der Waals surface area contributed by atoms with Gasteiger partial charge < -0.3 is 9.84 Å². The van der Waals surface area contributed by atoms with Crippen LogP contribution in [0.5, 0.6) is 5.75 Å². The van der Waals surface area contributed by atoms with Crippen molar-refractivity contribution in [2.75, 3.05) is 4.72 Å². The molecule has 3 aromatic carbocycles. The Labute approximate surface area is 174 Å². The highest BCUT2D eigenvalue weighted by Crippen LogP contribution is 2.36. The first kappa shape index (κ1) is 20.1. The van der Waals surface area contributed by atoms with Crippen LogP contribution < -0.4 is 4.72 Å². The van der Waals surface area contributed by atoms with Crippen LogP contribution in [-0.4, -0.2) is 19.5 Å². The predicted molar refractivity (Wildman–Crippen MR) is 105 cm³/mol. The lowest BCUT2D eigenvalue weighted by atomic mass is 9.99. The fourth-order valence-corrected chi connectivity index (χ4v) is 4.54. The Morgan fingerprint density at radius 1 is 1.07 bits per heavy atom. The van der Waals surface area contributed by atoms with Gasteiger partial charge in [-0.2, -0.15) is 0 Å². The number of esters is 1. The molecule has 6 nitrogen and oxygen atoms in total. The number of halogens is 3. The quantitative estimate of drug-likeness (QED) is 0.492. The highest BCUT2D eigenvalue weighted by atomic mass is 35.5. The summed E-state index contributed by atoms with van der Waals surface area (Å²) in [4.78, 5) is 11.7. The average Bonchev–Trinajstić information content (AvgIpc) is 2.71. The van der Waals surface area contributed by atoms with Crippen molar-refractivity contribution in [1.29, 1.82) is 0 Å². The molecule has 0 saturated heterocycles. The van der Waals surface area contributed by atoms with Gasteiger partial charge in [-0.05, 0) is 41.0 Å². The molecule has 0 atom stereocenters. The molecule has 0 aliphatic carbocycles. The summed E-state index contributed by atoms with van der Waals surface area (Å²) in [6, 6.07) is 10.4. The van der Waals surface area contributed by atoms with Gasteiger partial charge in [-0.25, -0.2) is 22.0 Å². The number of carbonyl (C=O) groups is 1. The smallest absolute Gasteiger partial charge is 0.338 e. The molecule has 2 N–H and O–H groups in total. The van der Waals surface area contributed by atoms with Crippen LogP contribution in [0.3, 0.4) is 0 Å². The molecule has 154 valence electrons. The molecule has 0 unspecified atom stereocenters. The van der Waals surface area contributed by atoms with E-state index in [4.69, 9.17) is 16.3 Å². The fraction of sp³-hybridized carbons (Fsp3) is 0.0500. The number of cyclic esters (lactones) is 1. The van der Waals surface area contributed by atoms with Gasteiger partial charge >= 0.3 is 5.97 Å². The zero-order valence-electron chi connectivity index (χ0n) is 14.9. The van der Waals surface area contributed by atoms with Gasteiger partial charge in [0.25, 0.3) is 10.0 Å². The summed E-state index contributed by atoms with van der Waals surface area (Å²) >= 11 is 5.87. The Kier molecular flexibility index (Phi) is 4.87. The van der Waals surface area contributed by atoms with Gasteiger partial charge in [0.1, 0.15) is 11.5 Å². The van der Waals surface area contributed by atoms with E-state index in [1.54, 1.807) is 24.3 Å². The Morgan fingerprint density at radius 2 is 1.80 bits per heavy atom. The van der Waals surface area contributed by atoms with Crippen LogP contribution in [0.25, 0.3) is 11.1 Å². The Bertz CT molecular complexity index is 1310. The number of sulfonamides is 1. The van der Waals surface area contributed by atoms with Gasteiger partial charge in [0, 0.05) is 0 Å². The van der Waals surface area contributed by atoms with Gasteiger partial charge in [0.05, 0.1) is 16.3 Å². The maximum atomic E-state index is 14.4. The zero-order valence-corrected chi connectivity index (χ0v) is 16.5. The van der Waals surface area contributed by atoms with Crippen molar-refractivity contribution in [2.24, 2.45) is 0 Å². The molecule has 10 heteroatoms. The Hall–Kier alpha value is -3.17. The molecule has 0 fully saturated rings. The maximum Gasteiger partial charge on any atom is 0.338 e. The third-order valence-electron chi connectivity index (χ3n) is 4.51. The van der Waals surface area contributed by atoms with Crippen molar-refractivity contribution >= 4 is 33.3 Å². The number of fused-ring (bicyclic) bond motifs is 6. The first-order valence-electron chi connectivity index (χ1n) is 8.47. The first-order chi connectivity index (χ1) is 14.2. The van der Waals surface area contributed by atoms with Crippen LogP contribution >= 0.6 is 11.6 Å². The number of phenolic OH excluding ortho intramolecular Hbond substituents is 1. The molecule has 0 radical (unpaired) electrons. The molecule has 0 aromatic heterocycles. The Morgan fingerprint density at radius 3 is 2.57 bits per heavy atom. The van der Waals surface area contributed by atoms with E-state index < -0.39 is 49.0 Å². The van der Waals surface area contributed by atoms with Crippen molar-refractivity contribution in [3.8, 4) is 16.9 Å². The lowest BCUT2D eigenvalue weighted by Gasteiger charge is -2.14. The number of hydrogen-bond acceptors (Lipinski definition) is 5. The lowest BCUT2D eigenvalue weighted by Crippen LogP contribution is -2.16. The summed E-state index contributed by atoms with van der Waals surface area (Å²) in [7, 11) is -4.65. The summed E-state index contributed by atoms with van der Waals surface area (Å²) in [5, 5.41) is 9.68. The SMILES string of the molecule is O=C1OCc2ccccc2-c2cc(F)c(F)c(c2)NS(=O)(=O)c2cc1cc(Cl)c2O.